The number of rotatable bonds is 3. The summed E-state index contributed by atoms with van der Waals surface area (Å²) in [6.45, 7) is 4.38. The highest BCUT2D eigenvalue weighted by Gasteiger charge is 2.39. The smallest absolute Gasteiger partial charge is 0.240 e. The predicted molar refractivity (Wildman–Crippen MR) is 74.9 cm³/mol. The minimum Gasteiger partial charge on any atom is -0.391 e. The Hall–Kier alpha value is -0.650. The molecule has 110 valence electrons. The van der Waals surface area contributed by atoms with Crippen molar-refractivity contribution in [1.29, 1.82) is 0 Å². The first kappa shape index (κ1) is 14.8. The Bertz CT molecular complexity index is 322. The lowest BCUT2D eigenvalue weighted by Gasteiger charge is -2.35. The van der Waals surface area contributed by atoms with Crippen molar-refractivity contribution in [3.8, 4) is 0 Å². The molecule has 2 aliphatic rings. The van der Waals surface area contributed by atoms with E-state index < -0.39 is 0 Å². The van der Waals surface area contributed by atoms with E-state index in [9.17, 15) is 9.90 Å². The summed E-state index contributed by atoms with van der Waals surface area (Å²) in [6, 6.07) is 0.0807. The van der Waals surface area contributed by atoms with Gasteiger partial charge in [0.2, 0.25) is 5.91 Å². The van der Waals surface area contributed by atoms with Gasteiger partial charge in [0, 0.05) is 19.1 Å². The third-order valence-electron chi connectivity index (χ3n) is 4.29. The van der Waals surface area contributed by atoms with Crippen LogP contribution >= 0.6 is 0 Å². The van der Waals surface area contributed by atoms with Crippen molar-refractivity contribution in [3.05, 3.63) is 0 Å². The van der Waals surface area contributed by atoms with Crippen molar-refractivity contribution in [2.75, 3.05) is 33.7 Å². The quantitative estimate of drug-likeness (QED) is 0.751. The van der Waals surface area contributed by atoms with Gasteiger partial charge in [0.1, 0.15) is 0 Å². The van der Waals surface area contributed by atoms with Gasteiger partial charge in [0.05, 0.1) is 12.1 Å². The fourth-order valence-corrected chi connectivity index (χ4v) is 3.32. The molecule has 0 saturated carbocycles. The zero-order chi connectivity index (χ0) is 14.0. The normalized spacial score (nSPS) is 35.9. The number of nitrogens with zero attached hydrogens (tertiary/aromatic N) is 2. The van der Waals surface area contributed by atoms with E-state index in [0.717, 1.165) is 25.9 Å². The van der Waals surface area contributed by atoms with Crippen LogP contribution in [0, 0.1) is 5.92 Å². The number of carbonyl (C=O) groups excluding carboxylic acids is 1. The standard InChI is InChI=1S/C14H27N3O2/c1-10-5-4-6-15-13(10)14(19)17-9-12(18)7-11(17)8-16(2)3/h10-13,15,18H,4-9H2,1-3H3. The summed E-state index contributed by atoms with van der Waals surface area (Å²) in [7, 11) is 4.02. The van der Waals surface area contributed by atoms with Gasteiger partial charge in [-0.15, -0.1) is 0 Å². The van der Waals surface area contributed by atoms with Gasteiger partial charge < -0.3 is 20.2 Å². The van der Waals surface area contributed by atoms with Gasteiger partial charge in [-0.2, -0.15) is 0 Å². The SMILES string of the molecule is CC1CCCNC1C(=O)N1CC(O)CC1CN(C)C. The summed E-state index contributed by atoms with van der Waals surface area (Å²) in [6.07, 6.45) is 2.59. The van der Waals surface area contributed by atoms with E-state index in [4.69, 9.17) is 0 Å². The van der Waals surface area contributed by atoms with E-state index >= 15 is 0 Å². The van der Waals surface area contributed by atoms with Gasteiger partial charge in [0.25, 0.3) is 0 Å². The Morgan fingerprint density at radius 1 is 1.47 bits per heavy atom. The summed E-state index contributed by atoms with van der Waals surface area (Å²) in [5.74, 6) is 0.564. The van der Waals surface area contributed by atoms with Crippen molar-refractivity contribution in [2.24, 2.45) is 5.92 Å². The average Bonchev–Trinajstić information content (AvgIpc) is 2.69. The second kappa shape index (κ2) is 6.20. The first-order valence-corrected chi connectivity index (χ1v) is 7.35. The molecule has 5 nitrogen and oxygen atoms in total. The molecule has 2 aliphatic heterocycles. The maximum atomic E-state index is 12.7. The number of likely N-dealkylation sites (tertiary alicyclic amines) is 1. The Morgan fingerprint density at radius 2 is 2.21 bits per heavy atom. The number of likely N-dealkylation sites (N-methyl/N-ethyl adjacent to an activating group) is 1. The largest absolute Gasteiger partial charge is 0.391 e. The van der Waals surface area contributed by atoms with Gasteiger partial charge in [-0.05, 0) is 45.8 Å². The molecule has 0 aromatic rings. The number of nitrogens with one attached hydrogen (secondary N) is 1. The number of β-amino-alcohol motifs (C(OH)–C–C–N with tert-alkyl or cyclic N) is 1. The van der Waals surface area contributed by atoms with E-state index in [0.29, 0.717) is 18.9 Å². The van der Waals surface area contributed by atoms with Crippen LogP contribution in [-0.2, 0) is 4.79 Å². The molecule has 0 radical (unpaired) electrons. The second-order valence-corrected chi connectivity index (χ2v) is 6.35. The molecule has 4 atom stereocenters. The van der Waals surface area contributed by atoms with Crippen molar-refractivity contribution in [1.82, 2.24) is 15.1 Å². The Morgan fingerprint density at radius 3 is 2.84 bits per heavy atom. The molecule has 2 saturated heterocycles. The van der Waals surface area contributed by atoms with Crippen LogP contribution < -0.4 is 5.32 Å². The molecule has 0 bridgehead atoms. The highest BCUT2D eigenvalue weighted by Crippen LogP contribution is 2.23. The van der Waals surface area contributed by atoms with Gasteiger partial charge in [-0.1, -0.05) is 6.92 Å². The number of hydrogen-bond acceptors (Lipinski definition) is 4. The molecule has 19 heavy (non-hydrogen) atoms. The molecule has 0 aromatic carbocycles. The number of aliphatic hydroxyl groups is 1. The zero-order valence-corrected chi connectivity index (χ0v) is 12.3. The fraction of sp³-hybridized carbons (Fsp3) is 0.929. The number of amides is 1. The summed E-state index contributed by atoms with van der Waals surface area (Å²) in [4.78, 5) is 16.7. The van der Waals surface area contributed by atoms with Gasteiger partial charge >= 0.3 is 0 Å². The van der Waals surface area contributed by atoms with Crippen LogP contribution in [0.3, 0.4) is 0 Å². The Balaban J connectivity index is 2.03. The predicted octanol–water partition coefficient (Wildman–Crippen LogP) is -0.102. The van der Waals surface area contributed by atoms with E-state index in [1.54, 1.807) is 0 Å². The van der Waals surface area contributed by atoms with Crippen molar-refractivity contribution < 1.29 is 9.90 Å². The lowest BCUT2D eigenvalue weighted by molar-refractivity contribution is -0.136. The molecule has 0 aromatic heterocycles. The van der Waals surface area contributed by atoms with Crippen molar-refractivity contribution in [3.63, 3.8) is 0 Å². The fourth-order valence-electron chi connectivity index (χ4n) is 3.32. The average molecular weight is 269 g/mol. The first-order chi connectivity index (χ1) is 8.99. The van der Waals surface area contributed by atoms with Crippen LogP contribution in [-0.4, -0.2) is 72.7 Å². The summed E-state index contributed by atoms with van der Waals surface area (Å²) >= 11 is 0. The lowest BCUT2D eigenvalue weighted by atomic mass is 9.91. The third-order valence-corrected chi connectivity index (χ3v) is 4.29. The van der Waals surface area contributed by atoms with Crippen LogP contribution in [0.4, 0.5) is 0 Å². The number of piperidine rings is 1. The third kappa shape index (κ3) is 3.46. The number of carbonyl (C=O) groups is 1. The van der Waals surface area contributed by atoms with Gasteiger partial charge in [0.15, 0.2) is 0 Å². The monoisotopic (exact) mass is 269 g/mol. The Labute approximate surface area is 115 Å². The van der Waals surface area contributed by atoms with Crippen LogP contribution in [0.1, 0.15) is 26.2 Å². The van der Waals surface area contributed by atoms with Gasteiger partial charge in [-0.25, -0.2) is 0 Å². The maximum absolute atomic E-state index is 12.7. The lowest BCUT2D eigenvalue weighted by Crippen LogP contribution is -2.54. The first-order valence-electron chi connectivity index (χ1n) is 7.35. The van der Waals surface area contributed by atoms with Crippen molar-refractivity contribution in [2.45, 2.75) is 44.4 Å². The molecule has 2 rings (SSSR count). The molecule has 2 fully saturated rings. The molecular weight excluding hydrogens is 242 g/mol. The molecule has 1 amide bonds. The van der Waals surface area contributed by atoms with E-state index in [2.05, 4.69) is 17.1 Å². The molecule has 0 aliphatic carbocycles. The number of aliphatic hydroxyl groups excluding tert-OH is 1. The zero-order valence-electron chi connectivity index (χ0n) is 12.3. The van der Waals surface area contributed by atoms with Crippen LogP contribution in [0.5, 0.6) is 0 Å². The molecule has 4 unspecified atom stereocenters. The van der Waals surface area contributed by atoms with Crippen molar-refractivity contribution >= 4 is 5.91 Å². The minimum atomic E-state index is -0.368. The second-order valence-electron chi connectivity index (χ2n) is 6.35. The number of hydrogen-bond donors (Lipinski definition) is 2. The summed E-state index contributed by atoms with van der Waals surface area (Å²) in [5.41, 5.74) is 0. The minimum absolute atomic E-state index is 0.0660. The molecule has 2 heterocycles. The van der Waals surface area contributed by atoms with E-state index in [1.165, 1.54) is 0 Å². The molecule has 0 spiro atoms. The Kier molecular flexibility index (Phi) is 4.81. The maximum Gasteiger partial charge on any atom is 0.240 e. The highest BCUT2D eigenvalue weighted by molar-refractivity contribution is 5.83. The van der Waals surface area contributed by atoms with Crippen LogP contribution in [0.25, 0.3) is 0 Å². The topological polar surface area (TPSA) is 55.8 Å². The highest BCUT2D eigenvalue weighted by atomic mass is 16.3. The molecular formula is C14H27N3O2. The van der Waals surface area contributed by atoms with E-state index in [-0.39, 0.29) is 24.1 Å². The van der Waals surface area contributed by atoms with Gasteiger partial charge in [-0.3, -0.25) is 4.79 Å². The summed E-state index contributed by atoms with van der Waals surface area (Å²) in [5, 5.41) is 13.2. The van der Waals surface area contributed by atoms with E-state index in [1.807, 2.05) is 19.0 Å². The molecule has 5 heteroatoms. The van der Waals surface area contributed by atoms with Crippen LogP contribution in [0.2, 0.25) is 0 Å². The summed E-state index contributed by atoms with van der Waals surface area (Å²) < 4.78 is 0. The molecule has 2 N–H and O–H groups in total. The van der Waals surface area contributed by atoms with Crippen LogP contribution in [0.15, 0.2) is 0 Å².